The molecule has 1 N–H and O–H groups in total. The maximum absolute atomic E-state index is 12.7. The molecule has 0 unspecified atom stereocenters. The molecule has 1 aliphatic rings. The molecule has 1 aromatic heterocycles. The van der Waals surface area contributed by atoms with Crippen LogP contribution in [0.5, 0.6) is 11.5 Å². The summed E-state index contributed by atoms with van der Waals surface area (Å²) in [6.45, 7) is 3.86. The fraction of sp³-hybridized carbons (Fsp3) is 0.261. The highest BCUT2D eigenvalue weighted by atomic mass is 16.5. The summed E-state index contributed by atoms with van der Waals surface area (Å²) in [6, 6.07) is 13.9. The highest BCUT2D eigenvalue weighted by molar-refractivity contribution is 5.93. The fourth-order valence-corrected chi connectivity index (χ4v) is 3.69. The lowest BCUT2D eigenvalue weighted by Gasteiger charge is -2.26. The molecule has 5 heteroatoms. The molecule has 0 saturated heterocycles. The van der Waals surface area contributed by atoms with Crippen molar-refractivity contribution in [3.05, 3.63) is 65.4 Å². The number of nitrogens with zero attached hydrogens (tertiary/aromatic N) is 1. The lowest BCUT2D eigenvalue weighted by molar-refractivity contribution is -0.126. The summed E-state index contributed by atoms with van der Waals surface area (Å²) in [4.78, 5) is 18.1. The van der Waals surface area contributed by atoms with Crippen LogP contribution in [-0.4, -0.2) is 36.1 Å². The Bertz CT molecular complexity index is 1040. The third kappa shape index (κ3) is 3.48. The fourth-order valence-electron chi connectivity index (χ4n) is 3.69. The van der Waals surface area contributed by atoms with Gasteiger partial charge in [-0.15, -0.1) is 0 Å². The monoisotopic (exact) mass is 376 g/mol. The highest BCUT2D eigenvalue weighted by Gasteiger charge is 2.22. The standard InChI is InChI=1S/C23H24N2O3/c1-3-28-21-10-8-16(14-22(21)27-2)9-11-23(26)25-13-12-20-18(15-25)17-6-4-5-7-19(17)24-20/h4-11,14,24H,3,12-13,15H2,1-2H3. The number of ether oxygens (including phenoxy) is 2. The minimum atomic E-state index is 0.0174. The van der Waals surface area contributed by atoms with Gasteiger partial charge in [0.05, 0.1) is 13.7 Å². The van der Waals surface area contributed by atoms with Crippen molar-refractivity contribution >= 4 is 22.9 Å². The summed E-state index contributed by atoms with van der Waals surface area (Å²) >= 11 is 0. The van der Waals surface area contributed by atoms with E-state index >= 15 is 0 Å². The van der Waals surface area contributed by atoms with Gasteiger partial charge in [-0.1, -0.05) is 24.3 Å². The number of aromatic amines is 1. The number of benzene rings is 2. The van der Waals surface area contributed by atoms with Gasteiger partial charge >= 0.3 is 0 Å². The predicted octanol–water partition coefficient (Wildman–Crippen LogP) is 4.17. The molecule has 5 nitrogen and oxygen atoms in total. The Hall–Kier alpha value is -3.21. The number of H-pyrrole nitrogens is 1. The van der Waals surface area contributed by atoms with Crippen LogP contribution in [0.4, 0.5) is 0 Å². The lowest BCUT2D eigenvalue weighted by Crippen LogP contribution is -2.34. The topological polar surface area (TPSA) is 54.6 Å². The van der Waals surface area contributed by atoms with E-state index in [1.165, 1.54) is 16.6 Å². The zero-order valence-corrected chi connectivity index (χ0v) is 16.2. The van der Waals surface area contributed by atoms with Crippen LogP contribution in [0.25, 0.3) is 17.0 Å². The van der Waals surface area contributed by atoms with Crippen molar-refractivity contribution in [1.82, 2.24) is 9.88 Å². The van der Waals surface area contributed by atoms with Crippen LogP contribution >= 0.6 is 0 Å². The quantitative estimate of drug-likeness (QED) is 0.680. The summed E-state index contributed by atoms with van der Waals surface area (Å²) < 4.78 is 10.9. The van der Waals surface area contributed by atoms with Gasteiger partial charge in [0, 0.05) is 47.7 Å². The molecule has 3 aromatic rings. The Morgan fingerprint density at radius 1 is 1.21 bits per heavy atom. The minimum Gasteiger partial charge on any atom is -0.493 e. The molecule has 2 heterocycles. The first kappa shape index (κ1) is 18.2. The molecular weight excluding hydrogens is 352 g/mol. The average Bonchev–Trinajstić information content (AvgIpc) is 3.10. The number of methoxy groups -OCH3 is 1. The van der Waals surface area contributed by atoms with E-state index in [0.717, 1.165) is 24.0 Å². The second-order valence-electron chi connectivity index (χ2n) is 6.81. The number of para-hydroxylation sites is 1. The van der Waals surface area contributed by atoms with Gasteiger partial charge in [-0.05, 0) is 36.8 Å². The Morgan fingerprint density at radius 2 is 2.07 bits per heavy atom. The summed E-state index contributed by atoms with van der Waals surface area (Å²) in [5.74, 6) is 1.39. The predicted molar refractivity (Wildman–Crippen MR) is 111 cm³/mol. The molecule has 28 heavy (non-hydrogen) atoms. The normalized spacial score (nSPS) is 13.7. The van der Waals surface area contributed by atoms with Crippen LogP contribution in [0.15, 0.2) is 48.5 Å². The maximum atomic E-state index is 12.7. The zero-order valence-electron chi connectivity index (χ0n) is 16.2. The van der Waals surface area contributed by atoms with Gasteiger partial charge in [0.2, 0.25) is 5.91 Å². The minimum absolute atomic E-state index is 0.0174. The van der Waals surface area contributed by atoms with E-state index in [1.54, 1.807) is 13.2 Å². The lowest BCUT2D eigenvalue weighted by atomic mass is 10.0. The molecule has 1 amide bonds. The number of amides is 1. The number of aromatic nitrogens is 1. The van der Waals surface area contributed by atoms with Gasteiger partial charge < -0.3 is 19.4 Å². The van der Waals surface area contributed by atoms with E-state index in [0.29, 0.717) is 24.7 Å². The SMILES string of the molecule is CCOc1ccc(C=CC(=O)N2CCc3[nH]c4ccccc4c3C2)cc1OC. The molecule has 0 spiro atoms. The first-order valence-corrected chi connectivity index (χ1v) is 9.56. The summed E-state index contributed by atoms with van der Waals surface area (Å²) in [5, 5.41) is 1.20. The maximum Gasteiger partial charge on any atom is 0.246 e. The first-order valence-electron chi connectivity index (χ1n) is 9.56. The van der Waals surface area contributed by atoms with E-state index in [9.17, 15) is 4.79 Å². The van der Waals surface area contributed by atoms with Crippen molar-refractivity contribution in [1.29, 1.82) is 0 Å². The second kappa shape index (κ2) is 7.80. The third-order valence-corrected chi connectivity index (χ3v) is 5.10. The summed E-state index contributed by atoms with van der Waals surface area (Å²) in [7, 11) is 1.61. The van der Waals surface area contributed by atoms with Crippen molar-refractivity contribution in [2.45, 2.75) is 19.9 Å². The van der Waals surface area contributed by atoms with Gasteiger partial charge in [-0.25, -0.2) is 0 Å². The molecule has 4 rings (SSSR count). The molecule has 0 radical (unpaired) electrons. The number of hydrogen-bond donors (Lipinski definition) is 1. The van der Waals surface area contributed by atoms with Gasteiger partial charge in [0.15, 0.2) is 11.5 Å². The number of hydrogen-bond acceptors (Lipinski definition) is 3. The number of fused-ring (bicyclic) bond motifs is 3. The van der Waals surface area contributed by atoms with Crippen molar-refractivity contribution in [3.8, 4) is 11.5 Å². The smallest absolute Gasteiger partial charge is 0.246 e. The van der Waals surface area contributed by atoms with Crippen LogP contribution in [-0.2, 0) is 17.8 Å². The van der Waals surface area contributed by atoms with Gasteiger partial charge in [0.25, 0.3) is 0 Å². The number of rotatable bonds is 5. The average molecular weight is 376 g/mol. The van der Waals surface area contributed by atoms with Gasteiger partial charge in [-0.2, -0.15) is 0 Å². The summed E-state index contributed by atoms with van der Waals surface area (Å²) in [5.41, 5.74) is 4.51. The molecule has 0 aliphatic carbocycles. The van der Waals surface area contributed by atoms with Crippen molar-refractivity contribution in [2.75, 3.05) is 20.3 Å². The van der Waals surface area contributed by atoms with Crippen molar-refractivity contribution in [2.24, 2.45) is 0 Å². The highest BCUT2D eigenvalue weighted by Crippen LogP contribution is 2.29. The van der Waals surface area contributed by atoms with E-state index in [-0.39, 0.29) is 5.91 Å². The molecule has 2 aromatic carbocycles. The summed E-state index contributed by atoms with van der Waals surface area (Å²) in [6.07, 6.45) is 4.31. The van der Waals surface area contributed by atoms with E-state index in [4.69, 9.17) is 9.47 Å². The van der Waals surface area contributed by atoms with Crippen LogP contribution in [0.3, 0.4) is 0 Å². The molecule has 0 fully saturated rings. The molecule has 144 valence electrons. The van der Waals surface area contributed by atoms with Crippen molar-refractivity contribution in [3.63, 3.8) is 0 Å². The van der Waals surface area contributed by atoms with Crippen molar-refractivity contribution < 1.29 is 14.3 Å². The van der Waals surface area contributed by atoms with Crippen LogP contribution in [0.2, 0.25) is 0 Å². The molecule has 0 atom stereocenters. The Labute approximate surface area is 164 Å². The first-order chi connectivity index (χ1) is 13.7. The number of carbonyl (C=O) groups is 1. The van der Waals surface area contributed by atoms with Crippen LogP contribution in [0.1, 0.15) is 23.7 Å². The number of nitrogens with one attached hydrogen (secondary N) is 1. The third-order valence-electron chi connectivity index (χ3n) is 5.10. The molecule has 0 bridgehead atoms. The molecule has 0 saturated carbocycles. The van der Waals surface area contributed by atoms with Gasteiger partial charge in [0.1, 0.15) is 0 Å². The second-order valence-corrected chi connectivity index (χ2v) is 6.81. The van der Waals surface area contributed by atoms with E-state index < -0.39 is 0 Å². The van der Waals surface area contributed by atoms with Crippen LogP contribution in [0, 0.1) is 0 Å². The molecule has 1 aliphatic heterocycles. The zero-order chi connectivity index (χ0) is 19.5. The Balaban J connectivity index is 1.50. The van der Waals surface area contributed by atoms with E-state index in [2.05, 4.69) is 17.1 Å². The Kier molecular flexibility index (Phi) is 5.06. The molecular formula is C23H24N2O3. The number of carbonyl (C=O) groups excluding carboxylic acids is 1. The van der Waals surface area contributed by atoms with Crippen LogP contribution < -0.4 is 9.47 Å². The van der Waals surface area contributed by atoms with Gasteiger partial charge in [-0.3, -0.25) is 4.79 Å². The Morgan fingerprint density at radius 3 is 2.89 bits per heavy atom. The largest absolute Gasteiger partial charge is 0.493 e. The van der Waals surface area contributed by atoms with E-state index in [1.807, 2.05) is 48.2 Å².